The van der Waals surface area contributed by atoms with Crippen LogP contribution in [0.4, 0.5) is 34.1 Å². The van der Waals surface area contributed by atoms with Crippen LogP contribution in [-0.4, -0.2) is 4.57 Å². The molecule has 0 aliphatic rings. The van der Waals surface area contributed by atoms with Gasteiger partial charge in [-0.2, -0.15) is 0 Å². The van der Waals surface area contributed by atoms with Gasteiger partial charge in [0.1, 0.15) is 0 Å². The molecule has 1 aromatic heterocycles. The molecule has 9 rings (SSSR count). The first-order valence-electron chi connectivity index (χ1n) is 22.1. The van der Waals surface area contributed by atoms with Gasteiger partial charge in [-0.05, 0) is 171 Å². The van der Waals surface area contributed by atoms with E-state index in [0.717, 1.165) is 47.0 Å². The lowest BCUT2D eigenvalue weighted by molar-refractivity contribution is 0.795. The van der Waals surface area contributed by atoms with Crippen LogP contribution in [-0.2, 0) is 12.8 Å². The van der Waals surface area contributed by atoms with Gasteiger partial charge in [0.2, 0.25) is 0 Å². The van der Waals surface area contributed by atoms with Crippen LogP contribution in [0.1, 0.15) is 61.8 Å². The topological polar surface area (TPSA) is 11.4 Å². The van der Waals surface area contributed by atoms with Crippen molar-refractivity contribution >= 4 is 55.9 Å². The number of fused-ring (bicyclic) bond motifs is 3. The highest BCUT2D eigenvalue weighted by Crippen LogP contribution is 2.41. The van der Waals surface area contributed by atoms with Crippen LogP contribution in [0.2, 0.25) is 0 Å². The van der Waals surface area contributed by atoms with Crippen molar-refractivity contribution in [1.82, 2.24) is 4.57 Å². The lowest BCUT2D eigenvalue weighted by atomic mass is 10.0. The Morgan fingerprint density at radius 2 is 0.770 bits per heavy atom. The van der Waals surface area contributed by atoms with Gasteiger partial charge in [-0.15, -0.1) is 0 Å². The summed E-state index contributed by atoms with van der Waals surface area (Å²) in [4.78, 5) is 4.75. The Kier molecular flexibility index (Phi) is 11.6. The highest BCUT2D eigenvalue weighted by molar-refractivity contribution is 6.10. The van der Waals surface area contributed by atoms with Gasteiger partial charge in [0, 0.05) is 50.6 Å². The van der Waals surface area contributed by atoms with E-state index < -0.39 is 0 Å². The monoisotopic (exact) mass is 793 g/mol. The largest absolute Gasteiger partial charge is 0.311 e. The Morgan fingerprint density at radius 1 is 0.377 bits per heavy atom. The molecule has 0 radical (unpaired) electrons. The van der Waals surface area contributed by atoms with Gasteiger partial charge in [0.25, 0.3) is 0 Å². The molecule has 8 aromatic carbocycles. The molecule has 0 fully saturated rings. The van der Waals surface area contributed by atoms with Crippen molar-refractivity contribution in [3.05, 3.63) is 210 Å². The predicted molar refractivity (Wildman–Crippen MR) is 262 cm³/mol. The lowest BCUT2D eigenvalue weighted by Crippen LogP contribution is -2.12. The van der Waals surface area contributed by atoms with Crippen LogP contribution in [0.3, 0.4) is 0 Å². The zero-order valence-electron chi connectivity index (χ0n) is 36.0. The first-order chi connectivity index (χ1) is 30.0. The molecule has 3 nitrogen and oxygen atoms in total. The van der Waals surface area contributed by atoms with E-state index in [2.05, 4.69) is 230 Å². The second-order valence-electron chi connectivity index (χ2n) is 16.5. The zero-order valence-corrected chi connectivity index (χ0v) is 36.0. The minimum absolute atomic E-state index is 1.10. The quantitative estimate of drug-likeness (QED) is 0.109. The number of aromatic nitrogens is 1. The van der Waals surface area contributed by atoms with E-state index in [1.807, 2.05) is 0 Å². The smallest absolute Gasteiger partial charge is 0.0541 e. The van der Waals surface area contributed by atoms with E-state index in [4.69, 9.17) is 0 Å². The number of hydrogen-bond donors (Lipinski definition) is 0. The van der Waals surface area contributed by atoms with E-state index in [-0.39, 0.29) is 0 Å². The van der Waals surface area contributed by atoms with Crippen molar-refractivity contribution in [2.75, 3.05) is 9.80 Å². The van der Waals surface area contributed by atoms with Gasteiger partial charge in [-0.3, -0.25) is 0 Å². The van der Waals surface area contributed by atoms with Crippen LogP contribution in [0.5, 0.6) is 0 Å². The maximum Gasteiger partial charge on any atom is 0.0541 e. The van der Waals surface area contributed by atoms with E-state index in [9.17, 15) is 0 Å². The van der Waals surface area contributed by atoms with Gasteiger partial charge in [0.05, 0.1) is 11.0 Å². The summed E-state index contributed by atoms with van der Waals surface area (Å²) < 4.78 is 2.39. The molecule has 0 bridgehead atoms. The number of anilines is 6. The third-order valence-electron chi connectivity index (χ3n) is 12.1. The molecule has 61 heavy (non-hydrogen) atoms. The Bertz CT molecular complexity index is 2850. The molecular weight excluding hydrogens is 739 g/mol. The Labute approximate surface area is 362 Å². The van der Waals surface area contributed by atoms with Gasteiger partial charge >= 0.3 is 0 Å². The van der Waals surface area contributed by atoms with E-state index >= 15 is 0 Å². The molecule has 302 valence electrons. The maximum atomic E-state index is 2.39. The highest BCUT2D eigenvalue weighted by Gasteiger charge is 2.18. The first-order valence-corrected chi connectivity index (χ1v) is 22.1. The van der Waals surface area contributed by atoms with Crippen molar-refractivity contribution < 1.29 is 0 Å². The molecule has 0 aliphatic heterocycles. The number of hydrogen-bond acceptors (Lipinski definition) is 2. The third-order valence-corrected chi connectivity index (χ3v) is 12.1. The molecule has 9 aromatic rings. The highest BCUT2D eigenvalue weighted by atomic mass is 15.2. The summed E-state index contributed by atoms with van der Waals surface area (Å²) in [6, 6.07) is 69.7. The van der Waals surface area contributed by atoms with Gasteiger partial charge in [0.15, 0.2) is 0 Å². The molecule has 0 N–H and O–H groups in total. The Balaban J connectivity index is 1.08. The van der Waals surface area contributed by atoms with Gasteiger partial charge in [-0.25, -0.2) is 0 Å². The number of unbranched alkanes of at least 4 members (excludes halogenated alkanes) is 2. The fourth-order valence-corrected chi connectivity index (χ4v) is 8.70. The van der Waals surface area contributed by atoms with Gasteiger partial charge < -0.3 is 14.4 Å². The van der Waals surface area contributed by atoms with Crippen LogP contribution >= 0.6 is 0 Å². The number of rotatable bonds is 14. The summed E-state index contributed by atoms with van der Waals surface area (Å²) in [6.45, 7) is 8.84. The number of benzene rings is 8. The van der Waals surface area contributed by atoms with Crippen LogP contribution in [0, 0.1) is 13.8 Å². The second-order valence-corrected chi connectivity index (χ2v) is 16.5. The standard InChI is InChI=1S/C58H55N3/c1-5-7-12-44-19-28-50(29-20-44)59(49-26-16-42(3)17-27-49)53-34-36-54(37-35-53)60(51-30-21-45(22-31-51)13-8-6-2)52-32-23-46(24-33-52)47-25-39-58-56(41-47)55-40-43(4)18-38-57(55)61(58)48-14-10-9-11-15-48/h9-11,14-41H,5-8,12-13H2,1-4H3. The van der Waals surface area contributed by atoms with E-state index in [1.54, 1.807) is 0 Å². The normalized spacial score (nSPS) is 11.3. The predicted octanol–water partition coefficient (Wildman–Crippen LogP) is 16.7. The molecule has 0 amide bonds. The molecule has 0 saturated carbocycles. The fraction of sp³-hybridized carbons (Fsp3) is 0.172. The summed E-state index contributed by atoms with van der Waals surface area (Å²) in [5.41, 5.74) is 18.1. The second kappa shape index (κ2) is 17.8. The van der Waals surface area contributed by atoms with E-state index in [1.165, 1.54) is 86.6 Å². The Hall–Kier alpha value is -6.84. The molecule has 1 heterocycles. The molecule has 0 unspecified atom stereocenters. The summed E-state index contributed by atoms with van der Waals surface area (Å²) in [6.07, 6.45) is 7.01. The number of nitrogens with zero attached hydrogens (tertiary/aromatic N) is 3. The lowest BCUT2D eigenvalue weighted by Gasteiger charge is -2.28. The summed E-state index contributed by atoms with van der Waals surface area (Å²) in [5.74, 6) is 0. The maximum absolute atomic E-state index is 2.39. The Morgan fingerprint density at radius 3 is 1.26 bits per heavy atom. The molecule has 0 atom stereocenters. The van der Waals surface area contributed by atoms with Crippen LogP contribution < -0.4 is 9.80 Å². The third kappa shape index (κ3) is 8.34. The number of para-hydroxylation sites is 1. The van der Waals surface area contributed by atoms with Crippen LogP contribution in [0.15, 0.2) is 188 Å². The minimum atomic E-state index is 1.10. The van der Waals surface area contributed by atoms with Crippen molar-refractivity contribution in [3.63, 3.8) is 0 Å². The molecule has 0 spiro atoms. The van der Waals surface area contributed by atoms with Crippen LogP contribution in [0.25, 0.3) is 38.6 Å². The SMILES string of the molecule is CCCCc1ccc(N(c2ccc(C)cc2)c2ccc(N(c3ccc(CCCC)cc3)c3ccc(-c4ccc5c(c4)c4cc(C)ccc4n5-c4ccccc4)cc3)cc2)cc1. The summed E-state index contributed by atoms with van der Waals surface area (Å²) in [5, 5.41) is 2.54. The average molecular weight is 794 g/mol. The summed E-state index contributed by atoms with van der Waals surface area (Å²) >= 11 is 0. The average Bonchev–Trinajstić information content (AvgIpc) is 3.63. The van der Waals surface area contributed by atoms with Crippen molar-refractivity contribution in [2.24, 2.45) is 0 Å². The molecule has 0 saturated heterocycles. The molecular formula is C58H55N3. The summed E-state index contributed by atoms with van der Waals surface area (Å²) in [7, 11) is 0. The molecule has 3 heteroatoms. The van der Waals surface area contributed by atoms with Crippen molar-refractivity contribution in [3.8, 4) is 16.8 Å². The van der Waals surface area contributed by atoms with E-state index in [0.29, 0.717) is 0 Å². The fourth-order valence-electron chi connectivity index (χ4n) is 8.70. The first kappa shape index (κ1) is 39.6. The van der Waals surface area contributed by atoms with Gasteiger partial charge in [-0.1, -0.05) is 117 Å². The van der Waals surface area contributed by atoms with Crippen molar-refractivity contribution in [2.45, 2.75) is 66.2 Å². The number of aryl methyl sites for hydroxylation is 4. The van der Waals surface area contributed by atoms with Crippen molar-refractivity contribution in [1.29, 1.82) is 0 Å². The minimum Gasteiger partial charge on any atom is -0.311 e. The zero-order chi connectivity index (χ0) is 41.7. The molecule has 0 aliphatic carbocycles.